The summed E-state index contributed by atoms with van der Waals surface area (Å²) in [5, 5.41) is 0. The number of ether oxygens (including phenoxy) is 1. The van der Waals surface area contributed by atoms with E-state index < -0.39 is 5.91 Å². The third-order valence-electron chi connectivity index (χ3n) is 3.79. The molecule has 1 aliphatic heterocycles. The summed E-state index contributed by atoms with van der Waals surface area (Å²) >= 11 is 0. The van der Waals surface area contributed by atoms with E-state index in [-0.39, 0.29) is 5.82 Å². The first-order chi connectivity index (χ1) is 10.7. The van der Waals surface area contributed by atoms with E-state index in [1.807, 2.05) is 18.2 Å². The molecule has 0 radical (unpaired) electrons. The molecule has 0 unspecified atom stereocenters. The van der Waals surface area contributed by atoms with Crippen LogP contribution in [-0.4, -0.2) is 34.4 Å². The van der Waals surface area contributed by atoms with Crippen molar-refractivity contribution in [2.45, 2.75) is 19.5 Å². The molecule has 0 fully saturated rings. The van der Waals surface area contributed by atoms with Crippen LogP contribution in [-0.2, 0) is 19.5 Å². The lowest BCUT2D eigenvalue weighted by molar-refractivity contribution is 0.0989. The minimum atomic E-state index is -0.590. The summed E-state index contributed by atoms with van der Waals surface area (Å²) < 4.78 is 5.25. The van der Waals surface area contributed by atoms with E-state index in [1.54, 1.807) is 13.3 Å². The number of carbonyl (C=O) groups is 1. The van der Waals surface area contributed by atoms with E-state index in [0.29, 0.717) is 6.54 Å². The number of fused-ring (bicyclic) bond motifs is 1. The Balaban J connectivity index is 1.75. The topological polar surface area (TPSA) is 81.3 Å². The minimum absolute atomic E-state index is 0.0852. The number of carbonyl (C=O) groups excluding carboxylic acids is 1. The predicted octanol–water partition coefficient (Wildman–Crippen LogP) is 1.14. The van der Waals surface area contributed by atoms with E-state index in [4.69, 9.17) is 10.5 Å². The smallest absolute Gasteiger partial charge is 0.286 e. The maximum Gasteiger partial charge on any atom is 0.286 e. The van der Waals surface area contributed by atoms with Crippen LogP contribution in [0, 0.1) is 0 Å². The Kier molecular flexibility index (Phi) is 4.02. The first-order valence-corrected chi connectivity index (χ1v) is 7.15. The highest BCUT2D eigenvalue weighted by molar-refractivity contribution is 5.88. The lowest BCUT2D eigenvalue weighted by Gasteiger charge is -2.27. The highest BCUT2D eigenvalue weighted by Gasteiger charge is 2.19. The second-order valence-electron chi connectivity index (χ2n) is 5.34. The van der Waals surface area contributed by atoms with Crippen molar-refractivity contribution in [3.05, 3.63) is 53.1 Å². The van der Waals surface area contributed by atoms with Gasteiger partial charge in [-0.1, -0.05) is 12.1 Å². The number of amides is 1. The van der Waals surface area contributed by atoms with Crippen molar-refractivity contribution in [2.24, 2.45) is 5.73 Å². The monoisotopic (exact) mass is 298 g/mol. The van der Waals surface area contributed by atoms with E-state index in [2.05, 4.69) is 20.9 Å². The molecule has 3 rings (SSSR count). The van der Waals surface area contributed by atoms with Gasteiger partial charge in [0.25, 0.3) is 5.91 Å². The van der Waals surface area contributed by atoms with E-state index in [0.717, 1.165) is 36.5 Å². The van der Waals surface area contributed by atoms with Gasteiger partial charge in [-0.3, -0.25) is 9.69 Å². The molecule has 2 aromatic rings. The molecule has 1 aromatic carbocycles. The average molecular weight is 298 g/mol. The Bertz CT molecular complexity index is 702. The largest absolute Gasteiger partial charge is 0.497 e. The normalized spacial score (nSPS) is 14.4. The fourth-order valence-corrected chi connectivity index (χ4v) is 2.64. The zero-order valence-electron chi connectivity index (χ0n) is 12.5. The van der Waals surface area contributed by atoms with Crippen LogP contribution < -0.4 is 10.5 Å². The van der Waals surface area contributed by atoms with Gasteiger partial charge in [0.05, 0.1) is 12.8 Å². The first kappa shape index (κ1) is 14.5. The Labute approximate surface area is 128 Å². The summed E-state index contributed by atoms with van der Waals surface area (Å²) in [6, 6.07) is 8.03. The van der Waals surface area contributed by atoms with Crippen LogP contribution in [0.2, 0.25) is 0 Å². The SMILES string of the molecule is COc1cccc(CN2CCc3cnc(C(N)=O)nc3C2)c1. The van der Waals surface area contributed by atoms with Gasteiger partial charge in [0.1, 0.15) is 5.75 Å². The standard InChI is InChI=1S/C16H18N4O2/c1-22-13-4-2-3-11(7-13)9-20-6-5-12-8-18-16(15(17)21)19-14(12)10-20/h2-4,7-8H,5-6,9-10H2,1H3,(H2,17,21). The summed E-state index contributed by atoms with van der Waals surface area (Å²) in [6.45, 7) is 2.44. The maximum absolute atomic E-state index is 11.2. The first-order valence-electron chi connectivity index (χ1n) is 7.15. The minimum Gasteiger partial charge on any atom is -0.497 e. The number of benzene rings is 1. The Hall–Kier alpha value is -2.47. The molecular weight excluding hydrogens is 280 g/mol. The summed E-state index contributed by atoms with van der Waals surface area (Å²) in [4.78, 5) is 21.8. The van der Waals surface area contributed by atoms with Gasteiger partial charge in [0.15, 0.2) is 0 Å². The molecular formula is C16H18N4O2. The van der Waals surface area contributed by atoms with Gasteiger partial charge in [-0.15, -0.1) is 0 Å². The summed E-state index contributed by atoms with van der Waals surface area (Å²) in [5.41, 5.74) is 8.41. The molecule has 0 saturated heterocycles. The lowest BCUT2D eigenvalue weighted by atomic mass is 10.1. The summed E-state index contributed by atoms with van der Waals surface area (Å²) in [5.74, 6) is 0.350. The molecule has 2 N–H and O–H groups in total. The average Bonchev–Trinajstić information content (AvgIpc) is 2.54. The second kappa shape index (κ2) is 6.11. The van der Waals surface area contributed by atoms with E-state index >= 15 is 0 Å². The van der Waals surface area contributed by atoms with Crippen LogP contribution in [0.1, 0.15) is 27.4 Å². The van der Waals surface area contributed by atoms with E-state index in [1.165, 1.54) is 5.56 Å². The molecule has 6 heteroatoms. The van der Waals surface area contributed by atoms with Gasteiger partial charge in [0, 0.05) is 25.8 Å². The number of hydrogen-bond acceptors (Lipinski definition) is 5. The maximum atomic E-state index is 11.2. The molecule has 22 heavy (non-hydrogen) atoms. The fraction of sp³-hybridized carbons (Fsp3) is 0.312. The van der Waals surface area contributed by atoms with Gasteiger partial charge in [0.2, 0.25) is 5.82 Å². The van der Waals surface area contributed by atoms with Crippen LogP contribution in [0.25, 0.3) is 0 Å². The number of aromatic nitrogens is 2. The van der Waals surface area contributed by atoms with Gasteiger partial charge in [-0.05, 0) is 29.7 Å². The molecule has 6 nitrogen and oxygen atoms in total. The number of primary amides is 1. The van der Waals surface area contributed by atoms with Crippen LogP contribution in [0.5, 0.6) is 5.75 Å². The van der Waals surface area contributed by atoms with Crippen molar-refractivity contribution < 1.29 is 9.53 Å². The molecule has 1 amide bonds. The van der Waals surface area contributed by atoms with Crippen molar-refractivity contribution in [2.75, 3.05) is 13.7 Å². The third-order valence-corrected chi connectivity index (χ3v) is 3.79. The second-order valence-corrected chi connectivity index (χ2v) is 5.34. The van der Waals surface area contributed by atoms with Gasteiger partial charge in [-0.2, -0.15) is 0 Å². The Morgan fingerprint density at radius 2 is 2.32 bits per heavy atom. The zero-order valence-corrected chi connectivity index (χ0v) is 12.5. The molecule has 0 bridgehead atoms. The van der Waals surface area contributed by atoms with E-state index in [9.17, 15) is 4.79 Å². The third kappa shape index (κ3) is 3.07. The lowest BCUT2D eigenvalue weighted by Crippen LogP contribution is -2.32. The predicted molar refractivity (Wildman–Crippen MR) is 81.4 cm³/mol. The molecule has 114 valence electrons. The molecule has 0 atom stereocenters. The van der Waals surface area contributed by atoms with Crippen molar-refractivity contribution in [1.29, 1.82) is 0 Å². The number of hydrogen-bond donors (Lipinski definition) is 1. The van der Waals surface area contributed by atoms with Crippen molar-refractivity contribution in [3.63, 3.8) is 0 Å². The van der Waals surface area contributed by atoms with Crippen molar-refractivity contribution >= 4 is 5.91 Å². The van der Waals surface area contributed by atoms with Gasteiger partial charge >= 0.3 is 0 Å². The van der Waals surface area contributed by atoms with Crippen LogP contribution in [0.4, 0.5) is 0 Å². The fourth-order valence-electron chi connectivity index (χ4n) is 2.64. The molecule has 0 aliphatic carbocycles. The van der Waals surface area contributed by atoms with Gasteiger partial charge < -0.3 is 10.5 Å². The highest BCUT2D eigenvalue weighted by atomic mass is 16.5. The van der Waals surface area contributed by atoms with Crippen molar-refractivity contribution in [1.82, 2.24) is 14.9 Å². The summed E-state index contributed by atoms with van der Waals surface area (Å²) in [6.07, 6.45) is 2.59. The van der Waals surface area contributed by atoms with Crippen LogP contribution in [0.3, 0.4) is 0 Å². The molecule has 0 spiro atoms. The molecule has 1 aliphatic rings. The Morgan fingerprint density at radius 3 is 3.09 bits per heavy atom. The van der Waals surface area contributed by atoms with Gasteiger partial charge in [-0.25, -0.2) is 9.97 Å². The summed E-state index contributed by atoms with van der Waals surface area (Å²) in [7, 11) is 1.67. The number of nitrogens with zero attached hydrogens (tertiary/aromatic N) is 3. The van der Waals surface area contributed by atoms with Crippen LogP contribution in [0.15, 0.2) is 30.5 Å². The quantitative estimate of drug-likeness (QED) is 0.915. The molecule has 1 aromatic heterocycles. The highest BCUT2D eigenvalue weighted by Crippen LogP contribution is 2.20. The molecule has 0 saturated carbocycles. The zero-order chi connectivity index (χ0) is 15.5. The molecule has 2 heterocycles. The van der Waals surface area contributed by atoms with Crippen molar-refractivity contribution in [3.8, 4) is 5.75 Å². The Morgan fingerprint density at radius 1 is 1.45 bits per heavy atom. The van der Waals surface area contributed by atoms with Crippen LogP contribution >= 0.6 is 0 Å². The number of nitrogens with two attached hydrogens (primary N) is 1. The number of methoxy groups -OCH3 is 1. The number of rotatable bonds is 4.